The molecule has 0 aliphatic carbocycles. The highest BCUT2D eigenvalue weighted by molar-refractivity contribution is 7.19. The Morgan fingerprint density at radius 3 is 2.92 bits per heavy atom. The molecule has 1 N–H and O–H groups in total. The van der Waals surface area contributed by atoms with Crippen LogP contribution in [-0.4, -0.2) is 52.8 Å². The molecule has 0 saturated carbocycles. The lowest BCUT2D eigenvalue weighted by atomic mass is 10.2. The molecule has 4 rings (SSSR count). The number of nitrogens with zero attached hydrogens (tertiary/aromatic N) is 4. The highest BCUT2D eigenvalue weighted by Gasteiger charge is 2.14. The number of nitrogens with one attached hydrogen (secondary N) is 1. The maximum atomic E-state index is 12.4. The fourth-order valence-electron chi connectivity index (χ4n) is 2.91. The number of methoxy groups -OCH3 is 1. The largest absolute Gasteiger partial charge is 0.497 e. The summed E-state index contributed by atoms with van der Waals surface area (Å²) in [5.74, 6) is 0.761. The number of benzene rings is 1. The maximum absolute atomic E-state index is 12.4. The molecule has 7 nitrogen and oxygen atoms in total. The highest BCUT2D eigenvalue weighted by Crippen LogP contribution is 2.27. The third-order valence-corrected chi connectivity index (χ3v) is 5.17. The first-order valence-corrected chi connectivity index (χ1v) is 9.02. The molecular formula is C17H19N5O2S. The van der Waals surface area contributed by atoms with Crippen LogP contribution in [-0.2, 0) is 6.54 Å². The second kappa shape index (κ2) is 6.91. The van der Waals surface area contributed by atoms with Crippen molar-refractivity contribution in [1.29, 1.82) is 0 Å². The molecule has 0 radical (unpaired) electrons. The predicted octanol–water partition coefficient (Wildman–Crippen LogP) is 1.23. The number of hydrogen-bond donors (Lipinski definition) is 1. The van der Waals surface area contributed by atoms with E-state index < -0.39 is 0 Å². The average molecular weight is 357 g/mol. The van der Waals surface area contributed by atoms with E-state index in [0.717, 1.165) is 48.2 Å². The van der Waals surface area contributed by atoms with E-state index >= 15 is 0 Å². The fraction of sp³-hybridized carbons (Fsp3) is 0.353. The Bertz CT molecular complexity index is 946. The molecule has 0 amide bonds. The summed E-state index contributed by atoms with van der Waals surface area (Å²) in [5.41, 5.74) is 1.58. The van der Waals surface area contributed by atoms with Gasteiger partial charge in [0.15, 0.2) is 0 Å². The van der Waals surface area contributed by atoms with Gasteiger partial charge in [-0.3, -0.25) is 9.69 Å². The van der Waals surface area contributed by atoms with Crippen molar-refractivity contribution in [2.75, 3.05) is 33.3 Å². The molecule has 1 saturated heterocycles. The van der Waals surface area contributed by atoms with E-state index in [-0.39, 0.29) is 5.56 Å². The van der Waals surface area contributed by atoms with E-state index in [1.807, 2.05) is 24.3 Å². The minimum absolute atomic E-state index is 0.138. The van der Waals surface area contributed by atoms with Crippen LogP contribution in [0.25, 0.3) is 15.5 Å². The average Bonchev–Trinajstić information content (AvgIpc) is 3.07. The molecule has 0 atom stereocenters. The molecule has 1 aromatic carbocycles. The maximum Gasteiger partial charge on any atom is 0.275 e. The molecule has 1 fully saturated rings. The van der Waals surface area contributed by atoms with Crippen molar-refractivity contribution in [1.82, 2.24) is 24.8 Å². The zero-order chi connectivity index (χ0) is 17.2. The molecule has 2 aromatic heterocycles. The molecule has 130 valence electrons. The van der Waals surface area contributed by atoms with Crippen LogP contribution in [0.5, 0.6) is 5.75 Å². The second-order valence-corrected chi connectivity index (χ2v) is 6.90. The van der Waals surface area contributed by atoms with E-state index in [1.165, 1.54) is 15.9 Å². The molecule has 1 aliphatic heterocycles. The summed E-state index contributed by atoms with van der Waals surface area (Å²) >= 11 is 1.41. The number of fused-ring (bicyclic) bond motifs is 1. The van der Waals surface area contributed by atoms with Crippen molar-refractivity contribution in [2.45, 2.75) is 6.54 Å². The van der Waals surface area contributed by atoms with Crippen molar-refractivity contribution in [2.24, 2.45) is 0 Å². The van der Waals surface area contributed by atoms with E-state index in [2.05, 4.69) is 20.3 Å². The molecule has 0 spiro atoms. The van der Waals surface area contributed by atoms with Gasteiger partial charge in [0.2, 0.25) is 4.96 Å². The summed E-state index contributed by atoms with van der Waals surface area (Å²) < 4.78 is 6.64. The van der Waals surface area contributed by atoms with Gasteiger partial charge in [-0.25, -0.2) is 4.98 Å². The SMILES string of the molecule is COc1cccc(-c2nn3c(=O)cc(CN4CCNCC4)nc3s2)c1. The Morgan fingerprint density at radius 1 is 1.28 bits per heavy atom. The number of piperazine rings is 1. The van der Waals surface area contributed by atoms with Crippen molar-refractivity contribution >= 4 is 16.3 Å². The van der Waals surface area contributed by atoms with Crippen molar-refractivity contribution in [3.8, 4) is 16.3 Å². The Hall–Kier alpha value is -2.29. The second-order valence-electron chi connectivity index (χ2n) is 5.95. The summed E-state index contributed by atoms with van der Waals surface area (Å²) in [6.07, 6.45) is 0. The summed E-state index contributed by atoms with van der Waals surface area (Å²) in [6.45, 7) is 4.58. The Balaban J connectivity index is 1.67. The van der Waals surface area contributed by atoms with Gasteiger partial charge in [0.1, 0.15) is 10.8 Å². The van der Waals surface area contributed by atoms with E-state index in [4.69, 9.17) is 4.74 Å². The zero-order valence-corrected chi connectivity index (χ0v) is 14.8. The van der Waals surface area contributed by atoms with Gasteiger partial charge < -0.3 is 10.1 Å². The first-order chi connectivity index (χ1) is 12.2. The van der Waals surface area contributed by atoms with Crippen LogP contribution >= 0.6 is 11.3 Å². The number of ether oxygens (including phenoxy) is 1. The molecule has 8 heteroatoms. The molecule has 0 unspecified atom stereocenters. The van der Waals surface area contributed by atoms with Gasteiger partial charge in [-0.05, 0) is 12.1 Å². The molecule has 0 bridgehead atoms. The van der Waals surface area contributed by atoms with E-state index in [1.54, 1.807) is 13.2 Å². The summed E-state index contributed by atoms with van der Waals surface area (Å²) in [4.78, 5) is 20.0. The lowest BCUT2D eigenvalue weighted by Gasteiger charge is -2.26. The van der Waals surface area contributed by atoms with Gasteiger partial charge in [-0.15, -0.1) is 0 Å². The van der Waals surface area contributed by atoms with Gasteiger partial charge in [0.05, 0.1) is 12.8 Å². The normalized spacial score (nSPS) is 15.6. The minimum Gasteiger partial charge on any atom is -0.497 e. The minimum atomic E-state index is -0.138. The molecule has 3 heterocycles. The van der Waals surface area contributed by atoms with Gasteiger partial charge in [0.25, 0.3) is 5.56 Å². The zero-order valence-electron chi connectivity index (χ0n) is 13.9. The van der Waals surface area contributed by atoms with Gasteiger partial charge >= 0.3 is 0 Å². The summed E-state index contributed by atoms with van der Waals surface area (Å²) in [5, 5.41) is 8.51. The van der Waals surface area contributed by atoms with Crippen molar-refractivity contribution in [3.05, 3.63) is 46.4 Å². The number of rotatable bonds is 4. The van der Waals surface area contributed by atoms with E-state index in [0.29, 0.717) is 11.5 Å². The van der Waals surface area contributed by atoms with E-state index in [9.17, 15) is 4.79 Å². The van der Waals surface area contributed by atoms with Gasteiger partial charge in [0, 0.05) is 44.4 Å². The number of hydrogen-bond acceptors (Lipinski definition) is 7. The van der Waals surface area contributed by atoms with Crippen LogP contribution in [0.3, 0.4) is 0 Å². The Kier molecular flexibility index (Phi) is 4.48. The molecule has 25 heavy (non-hydrogen) atoms. The quantitative estimate of drug-likeness (QED) is 0.757. The highest BCUT2D eigenvalue weighted by atomic mass is 32.1. The lowest BCUT2D eigenvalue weighted by Crippen LogP contribution is -2.43. The van der Waals surface area contributed by atoms with Crippen LogP contribution in [0.4, 0.5) is 0 Å². The van der Waals surface area contributed by atoms with Gasteiger partial charge in [-0.1, -0.05) is 23.5 Å². The van der Waals surface area contributed by atoms with Crippen LogP contribution in [0.15, 0.2) is 35.1 Å². The van der Waals surface area contributed by atoms with Crippen molar-refractivity contribution in [3.63, 3.8) is 0 Å². The van der Waals surface area contributed by atoms with Gasteiger partial charge in [-0.2, -0.15) is 9.61 Å². The Labute approximate surface area is 148 Å². The summed E-state index contributed by atoms with van der Waals surface area (Å²) in [7, 11) is 1.63. The number of aromatic nitrogens is 3. The third kappa shape index (κ3) is 3.41. The standard InChI is InChI=1S/C17H19N5O2S/c1-24-14-4-2-3-12(9-14)16-20-22-15(23)10-13(19-17(22)25-16)11-21-7-5-18-6-8-21/h2-4,9-10,18H,5-8,11H2,1H3. The van der Waals surface area contributed by atoms with Crippen LogP contribution in [0, 0.1) is 0 Å². The topological polar surface area (TPSA) is 71.8 Å². The fourth-order valence-corrected chi connectivity index (χ4v) is 3.83. The van der Waals surface area contributed by atoms with Crippen LogP contribution in [0.2, 0.25) is 0 Å². The molecule has 1 aliphatic rings. The Morgan fingerprint density at radius 2 is 2.12 bits per heavy atom. The molecule has 3 aromatic rings. The molecular weight excluding hydrogens is 338 g/mol. The first kappa shape index (κ1) is 16.2. The van der Waals surface area contributed by atoms with Crippen LogP contribution in [0.1, 0.15) is 5.69 Å². The monoisotopic (exact) mass is 357 g/mol. The van der Waals surface area contributed by atoms with Crippen molar-refractivity contribution < 1.29 is 4.74 Å². The lowest BCUT2D eigenvalue weighted by molar-refractivity contribution is 0.231. The summed E-state index contributed by atoms with van der Waals surface area (Å²) in [6, 6.07) is 9.24. The predicted molar refractivity (Wildman–Crippen MR) is 97.3 cm³/mol. The van der Waals surface area contributed by atoms with Crippen LogP contribution < -0.4 is 15.6 Å². The smallest absolute Gasteiger partial charge is 0.275 e. The first-order valence-electron chi connectivity index (χ1n) is 8.20. The third-order valence-electron chi connectivity index (χ3n) is 4.21.